The van der Waals surface area contributed by atoms with Gasteiger partial charge in [0.15, 0.2) is 0 Å². The topological polar surface area (TPSA) is 15.7 Å². The van der Waals surface area contributed by atoms with E-state index in [1.54, 1.807) is 7.11 Å². The first-order chi connectivity index (χ1) is 6.77. The van der Waals surface area contributed by atoms with Crippen molar-refractivity contribution in [1.82, 2.24) is 9.80 Å². The monoisotopic (exact) mass is 200 g/mol. The van der Waals surface area contributed by atoms with Gasteiger partial charge in [-0.3, -0.25) is 4.90 Å². The molecule has 1 heterocycles. The Hall–Kier alpha value is -0.120. The summed E-state index contributed by atoms with van der Waals surface area (Å²) < 4.78 is 5.31. The van der Waals surface area contributed by atoms with E-state index in [4.69, 9.17) is 4.74 Å². The molecule has 1 atom stereocenters. The third kappa shape index (κ3) is 3.56. The van der Waals surface area contributed by atoms with Crippen molar-refractivity contribution < 1.29 is 4.74 Å². The Bertz CT molecular complexity index is 144. The Morgan fingerprint density at radius 1 is 1.21 bits per heavy atom. The highest BCUT2D eigenvalue weighted by molar-refractivity contribution is 4.72. The van der Waals surface area contributed by atoms with Crippen LogP contribution in [0.1, 0.15) is 26.7 Å². The van der Waals surface area contributed by atoms with Crippen LogP contribution in [-0.4, -0.2) is 55.9 Å². The van der Waals surface area contributed by atoms with Crippen LogP contribution in [0.15, 0.2) is 0 Å². The zero-order valence-corrected chi connectivity index (χ0v) is 9.83. The van der Waals surface area contributed by atoms with Crippen LogP contribution in [0.5, 0.6) is 0 Å². The van der Waals surface area contributed by atoms with Gasteiger partial charge in [0.2, 0.25) is 0 Å². The molecule has 0 aliphatic carbocycles. The van der Waals surface area contributed by atoms with Gasteiger partial charge in [-0.05, 0) is 19.9 Å². The second-order valence-electron chi connectivity index (χ2n) is 4.07. The summed E-state index contributed by atoms with van der Waals surface area (Å²) in [5, 5.41) is 0. The number of hydrogen-bond donors (Lipinski definition) is 0. The fraction of sp³-hybridized carbons (Fsp3) is 1.00. The summed E-state index contributed by atoms with van der Waals surface area (Å²) in [6, 6.07) is 0. The Morgan fingerprint density at radius 2 is 1.86 bits per heavy atom. The molecular weight excluding hydrogens is 176 g/mol. The van der Waals surface area contributed by atoms with Crippen LogP contribution in [0, 0.1) is 0 Å². The summed E-state index contributed by atoms with van der Waals surface area (Å²) in [6.45, 7) is 10.4. The van der Waals surface area contributed by atoms with Gasteiger partial charge in [-0.2, -0.15) is 0 Å². The van der Waals surface area contributed by atoms with E-state index in [0.717, 1.165) is 13.1 Å². The molecule has 0 bridgehead atoms. The standard InChI is InChI=1S/C11H24N2O/c1-4-5-6-12-7-9-13(10-8-12)11(2)14-3/h11H,4-10H2,1-3H3. The molecular formula is C11H24N2O. The molecule has 14 heavy (non-hydrogen) atoms. The number of hydrogen-bond acceptors (Lipinski definition) is 3. The summed E-state index contributed by atoms with van der Waals surface area (Å²) in [5.41, 5.74) is 0. The molecule has 3 heteroatoms. The van der Waals surface area contributed by atoms with Crippen molar-refractivity contribution >= 4 is 0 Å². The van der Waals surface area contributed by atoms with E-state index in [9.17, 15) is 0 Å². The summed E-state index contributed by atoms with van der Waals surface area (Å²) in [7, 11) is 1.79. The molecule has 1 rings (SSSR count). The summed E-state index contributed by atoms with van der Waals surface area (Å²) in [4.78, 5) is 4.96. The highest BCUT2D eigenvalue weighted by atomic mass is 16.5. The van der Waals surface area contributed by atoms with Crippen LogP contribution in [0.4, 0.5) is 0 Å². The molecule has 84 valence electrons. The van der Waals surface area contributed by atoms with Crippen LogP contribution >= 0.6 is 0 Å². The first-order valence-electron chi connectivity index (χ1n) is 5.77. The Balaban J connectivity index is 2.17. The zero-order valence-electron chi connectivity index (χ0n) is 9.83. The van der Waals surface area contributed by atoms with E-state index in [0.29, 0.717) is 0 Å². The Labute approximate surface area is 88.0 Å². The van der Waals surface area contributed by atoms with Crippen LogP contribution in [0.3, 0.4) is 0 Å². The average molecular weight is 200 g/mol. The predicted octanol–water partition coefficient (Wildman–Crippen LogP) is 1.40. The van der Waals surface area contributed by atoms with E-state index in [1.165, 1.54) is 32.5 Å². The van der Waals surface area contributed by atoms with E-state index >= 15 is 0 Å². The second-order valence-corrected chi connectivity index (χ2v) is 4.07. The third-order valence-corrected chi connectivity index (χ3v) is 3.09. The van der Waals surface area contributed by atoms with Crippen LogP contribution in [0.2, 0.25) is 0 Å². The number of nitrogens with zero attached hydrogens (tertiary/aromatic N) is 2. The smallest absolute Gasteiger partial charge is 0.107 e. The maximum Gasteiger partial charge on any atom is 0.107 e. The molecule has 1 fully saturated rings. The molecule has 0 N–H and O–H groups in total. The van der Waals surface area contributed by atoms with E-state index in [2.05, 4.69) is 23.6 Å². The van der Waals surface area contributed by atoms with Gasteiger partial charge >= 0.3 is 0 Å². The Kier molecular flexibility index (Phi) is 5.45. The van der Waals surface area contributed by atoms with Crippen molar-refractivity contribution in [3.05, 3.63) is 0 Å². The quantitative estimate of drug-likeness (QED) is 0.667. The minimum absolute atomic E-state index is 0.281. The fourth-order valence-electron chi connectivity index (χ4n) is 1.88. The van der Waals surface area contributed by atoms with Crippen molar-refractivity contribution in [2.45, 2.75) is 32.9 Å². The molecule has 1 aliphatic rings. The second kappa shape index (κ2) is 6.38. The molecule has 0 amide bonds. The molecule has 0 aromatic carbocycles. The van der Waals surface area contributed by atoms with Gasteiger partial charge in [-0.1, -0.05) is 13.3 Å². The SMILES string of the molecule is CCCCN1CCN(C(C)OC)CC1. The minimum atomic E-state index is 0.281. The first-order valence-corrected chi connectivity index (χ1v) is 5.77. The third-order valence-electron chi connectivity index (χ3n) is 3.09. The lowest BCUT2D eigenvalue weighted by atomic mass is 10.2. The van der Waals surface area contributed by atoms with Crippen molar-refractivity contribution in [3.8, 4) is 0 Å². The van der Waals surface area contributed by atoms with Crippen molar-refractivity contribution in [2.75, 3.05) is 39.8 Å². The van der Waals surface area contributed by atoms with Crippen molar-refractivity contribution in [2.24, 2.45) is 0 Å². The van der Waals surface area contributed by atoms with E-state index < -0.39 is 0 Å². The molecule has 1 unspecified atom stereocenters. The number of rotatable bonds is 5. The lowest BCUT2D eigenvalue weighted by molar-refractivity contribution is -0.0415. The number of piperazine rings is 1. The summed E-state index contributed by atoms with van der Waals surface area (Å²) in [5.74, 6) is 0. The van der Waals surface area contributed by atoms with Gasteiger partial charge in [0.05, 0.1) is 0 Å². The van der Waals surface area contributed by atoms with Gasteiger partial charge in [-0.25, -0.2) is 0 Å². The molecule has 1 aliphatic heterocycles. The van der Waals surface area contributed by atoms with E-state index in [1.807, 2.05) is 0 Å². The van der Waals surface area contributed by atoms with E-state index in [-0.39, 0.29) is 6.23 Å². The Morgan fingerprint density at radius 3 is 2.36 bits per heavy atom. The maximum absolute atomic E-state index is 5.31. The van der Waals surface area contributed by atoms with Gasteiger partial charge in [0.25, 0.3) is 0 Å². The average Bonchev–Trinajstić information content (AvgIpc) is 2.26. The lowest BCUT2D eigenvalue weighted by Crippen LogP contribution is -2.50. The molecule has 0 radical (unpaired) electrons. The predicted molar refractivity (Wildman–Crippen MR) is 59.4 cm³/mol. The molecule has 3 nitrogen and oxygen atoms in total. The molecule has 1 saturated heterocycles. The number of unbranched alkanes of at least 4 members (excludes halogenated alkanes) is 1. The van der Waals surface area contributed by atoms with Crippen molar-refractivity contribution in [3.63, 3.8) is 0 Å². The largest absolute Gasteiger partial charge is 0.367 e. The zero-order chi connectivity index (χ0) is 10.4. The van der Waals surface area contributed by atoms with Gasteiger partial charge in [0.1, 0.15) is 6.23 Å². The maximum atomic E-state index is 5.31. The highest BCUT2D eigenvalue weighted by Crippen LogP contribution is 2.07. The molecule has 0 saturated carbocycles. The van der Waals surface area contributed by atoms with Gasteiger partial charge < -0.3 is 9.64 Å². The summed E-state index contributed by atoms with van der Waals surface area (Å²) >= 11 is 0. The van der Waals surface area contributed by atoms with Gasteiger partial charge in [-0.15, -0.1) is 0 Å². The summed E-state index contributed by atoms with van der Waals surface area (Å²) in [6.07, 6.45) is 2.91. The highest BCUT2D eigenvalue weighted by Gasteiger charge is 2.19. The number of methoxy groups -OCH3 is 1. The minimum Gasteiger partial charge on any atom is -0.367 e. The molecule has 0 aromatic heterocycles. The molecule has 0 aromatic rings. The van der Waals surface area contributed by atoms with Crippen molar-refractivity contribution in [1.29, 1.82) is 0 Å². The normalized spacial score (nSPS) is 22.5. The van der Waals surface area contributed by atoms with Crippen LogP contribution < -0.4 is 0 Å². The first kappa shape index (κ1) is 12.0. The van der Waals surface area contributed by atoms with Gasteiger partial charge in [0, 0.05) is 33.3 Å². The lowest BCUT2D eigenvalue weighted by Gasteiger charge is -2.37. The van der Waals surface area contributed by atoms with Crippen LogP contribution in [-0.2, 0) is 4.74 Å². The molecule has 0 spiro atoms. The fourth-order valence-corrected chi connectivity index (χ4v) is 1.88. The van der Waals surface area contributed by atoms with Crippen LogP contribution in [0.25, 0.3) is 0 Å². The number of ether oxygens (including phenoxy) is 1.